The molecule has 0 N–H and O–H groups in total. The average molecular weight is 373 g/mol. The van der Waals surface area contributed by atoms with Crippen molar-refractivity contribution in [2.24, 2.45) is 0 Å². The lowest BCUT2D eigenvalue weighted by molar-refractivity contribution is -0.123. The van der Waals surface area contributed by atoms with Gasteiger partial charge in [-0.2, -0.15) is 0 Å². The van der Waals surface area contributed by atoms with Gasteiger partial charge in [0.1, 0.15) is 12.0 Å². The summed E-state index contributed by atoms with van der Waals surface area (Å²) in [5, 5.41) is 0. The molecule has 2 fully saturated rings. The van der Waals surface area contributed by atoms with Gasteiger partial charge in [-0.1, -0.05) is 6.92 Å². The molecular weight excluding hydrogens is 350 g/mol. The number of amides is 2. The van der Waals surface area contributed by atoms with E-state index in [1.165, 1.54) is 18.9 Å². The Morgan fingerprint density at radius 3 is 2.70 bits per heavy atom. The molecule has 2 aliphatic heterocycles. The second kappa shape index (κ2) is 7.19. The van der Waals surface area contributed by atoms with Gasteiger partial charge in [0.2, 0.25) is 0 Å². The van der Waals surface area contributed by atoms with Crippen molar-refractivity contribution in [3.05, 3.63) is 42.0 Å². The van der Waals surface area contributed by atoms with E-state index in [1.807, 2.05) is 11.8 Å². The van der Waals surface area contributed by atoms with Crippen LogP contribution in [0, 0.1) is 0 Å². The van der Waals surface area contributed by atoms with Crippen LogP contribution in [-0.4, -0.2) is 65.0 Å². The summed E-state index contributed by atoms with van der Waals surface area (Å²) in [6, 6.07) is 1.67. The Labute approximate surface area is 157 Å². The summed E-state index contributed by atoms with van der Waals surface area (Å²) in [6.45, 7) is 4.65. The number of hydrogen-bond donors (Lipinski definition) is 0. The number of nitrogens with zero attached hydrogens (tertiary/aromatic N) is 3. The van der Waals surface area contributed by atoms with Gasteiger partial charge in [-0.05, 0) is 18.9 Å². The van der Waals surface area contributed by atoms with Crippen molar-refractivity contribution < 1.29 is 23.2 Å². The number of carbonyl (C=O) groups is 2. The largest absolute Gasteiger partial charge is 0.472 e. The van der Waals surface area contributed by atoms with Crippen molar-refractivity contribution in [3.8, 4) is 0 Å². The van der Waals surface area contributed by atoms with Crippen LogP contribution in [0.5, 0.6) is 0 Å². The molecule has 0 unspecified atom stereocenters. The molecule has 0 aromatic carbocycles. The lowest BCUT2D eigenvalue weighted by Gasteiger charge is -2.47. The van der Waals surface area contributed by atoms with Crippen LogP contribution in [-0.2, 0) is 11.2 Å². The second-order valence-electron chi connectivity index (χ2n) is 7.04. The third kappa shape index (κ3) is 3.37. The molecule has 8 nitrogen and oxygen atoms in total. The number of furan rings is 1. The van der Waals surface area contributed by atoms with Crippen molar-refractivity contribution in [1.82, 2.24) is 14.8 Å². The van der Waals surface area contributed by atoms with E-state index in [-0.39, 0.29) is 11.8 Å². The van der Waals surface area contributed by atoms with Crippen LogP contribution in [0.4, 0.5) is 0 Å². The number of aryl methyl sites for hydroxylation is 1. The first kappa shape index (κ1) is 17.8. The van der Waals surface area contributed by atoms with Gasteiger partial charge >= 0.3 is 0 Å². The number of aromatic nitrogens is 1. The summed E-state index contributed by atoms with van der Waals surface area (Å²) in [5.74, 6) is 0.471. The fourth-order valence-corrected chi connectivity index (χ4v) is 3.85. The Kier molecular flexibility index (Phi) is 4.73. The van der Waals surface area contributed by atoms with E-state index in [4.69, 9.17) is 13.6 Å². The number of hydrogen-bond acceptors (Lipinski definition) is 6. The molecule has 2 aromatic heterocycles. The minimum Gasteiger partial charge on any atom is -0.472 e. The zero-order chi connectivity index (χ0) is 18.9. The topological polar surface area (TPSA) is 89.0 Å². The van der Waals surface area contributed by atoms with Crippen LogP contribution in [0.2, 0.25) is 0 Å². The van der Waals surface area contributed by atoms with Gasteiger partial charge in [0.15, 0.2) is 12.1 Å². The predicted octanol–water partition coefficient (Wildman–Crippen LogP) is 1.98. The van der Waals surface area contributed by atoms with Crippen LogP contribution < -0.4 is 0 Å². The summed E-state index contributed by atoms with van der Waals surface area (Å²) < 4.78 is 16.4. The summed E-state index contributed by atoms with van der Waals surface area (Å²) in [6.07, 6.45) is 6.30. The molecule has 2 amide bonds. The highest BCUT2D eigenvalue weighted by Gasteiger charge is 2.42. The third-order valence-electron chi connectivity index (χ3n) is 5.43. The first-order valence-corrected chi connectivity index (χ1v) is 9.29. The van der Waals surface area contributed by atoms with E-state index in [0.29, 0.717) is 69.1 Å². The number of oxazole rings is 1. The number of ether oxygens (including phenoxy) is 1. The Morgan fingerprint density at radius 1 is 1.19 bits per heavy atom. The van der Waals surface area contributed by atoms with E-state index < -0.39 is 5.60 Å². The molecule has 8 heteroatoms. The number of morpholine rings is 1. The molecule has 0 bridgehead atoms. The molecule has 4 heterocycles. The first-order chi connectivity index (χ1) is 13.1. The number of likely N-dealkylation sites (tertiary alicyclic amines) is 1. The molecule has 2 saturated heterocycles. The minimum absolute atomic E-state index is 0.0301. The quantitative estimate of drug-likeness (QED) is 0.817. The zero-order valence-corrected chi connectivity index (χ0v) is 15.3. The Hall–Kier alpha value is -2.61. The molecular formula is C19H23N3O5. The van der Waals surface area contributed by atoms with Gasteiger partial charge in [-0.3, -0.25) is 9.59 Å². The van der Waals surface area contributed by atoms with Crippen LogP contribution >= 0.6 is 0 Å². The van der Waals surface area contributed by atoms with Crippen LogP contribution in [0.3, 0.4) is 0 Å². The summed E-state index contributed by atoms with van der Waals surface area (Å²) in [5.41, 5.74) is 0.546. The van der Waals surface area contributed by atoms with Gasteiger partial charge in [-0.25, -0.2) is 4.98 Å². The molecule has 0 radical (unpaired) electrons. The SMILES string of the molecule is CCc1ocnc1C(=O)N1CCOC2(CCN(C(=O)c3ccoc3)CC2)C1. The molecule has 144 valence electrons. The zero-order valence-electron chi connectivity index (χ0n) is 15.3. The summed E-state index contributed by atoms with van der Waals surface area (Å²) in [4.78, 5) is 33.1. The minimum atomic E-state index is -0.406. The Balaban J connectivity index is 1.41. The van der Waals surface area contributed by atoms with E-state index in [2.05, 4.69) is 4.98 Å². The van der Waals surface area contributed by atoms with E-state index in [9.17, 15) is 9.59 Å². The second-order valence-corrected chi connectivity index (χ2v) is 7.04. The van der Waals surface area contributed by atoms with E-state index >= 15 is 0 Å². The Bertz CT molecular complexity index is 805. The normalized spacial score (nSPS) is 19.4. The van der Waals surface area contributed by atoms with Crippen LogP contribution in [0.25, 0.3) is 0 Å². The molecule has 1 spiro atoms. The fourth-order valence-electron chi connectivity index (χ4n) is 3.85. The van der Waals surface area contributed by atoms with Gasteiger partial charge in [0.05, 0.1) is 30.6 Å². The maximum Gasteiger partial charge on any atom is 0.276 e. The molecule has 0 saturated carbocycles. The highest BCUT2D eigenvalue weighted by molar-refractivity contribution is 5.94. The number of carbonyl (C=O) groups excluding carboxylic acids is 2. The van der Waals surface area contributed by atoms with Gasteiger partial charge < -0.3 is 23.4 Å². The molecule has 0 aliphatic carbocycles. The monoisotopic (exact) mass is 373 g/mol. The third-order valence-corrected chi connectivity index (χ3v) is 5.43. The smallest absolute Gasteiger partial charge is 0.276 e. The number of rotatable bonds is 3. The maximum atomic E-state index is 12.9. The Morgan fingerprint density at radius 2 is 2.00 bits per heavy atom. The molecule has 4 rings (SSSR count). The van der Waals surface area contributed by atoms with Gasteiger partial charge in [-0.15, -0.1) is 0 Å². The molecule has 27 heavy (non-hydrogen) atoms. The average Bonchev–Trinajstić information content (AvgIpc) is 3.39. The standard InChI is InChI=1S/C19H23N3O5/c1-2-15-16(20-13-26-15)18(24)22-8-10-27-19(12-22)4-6-21(7-5-19)17(23)14-3-9-25-11-14/h3,9,11,13H,2,4-8,10,12H2,1H3. The van der Waals surface area contributed by atoms with Crippen LogP contribution in [0.1, 0.15) is 46.4 Å². The molecule has 2 aromatic rings. The van der Waals surface area contributed by atoms with Crippen molar-refractivity contribution in [2.75, 3.05) is 32.8 Å². The van der Waals surface area contributed by atoms with Gasteiger partial charge in [0, 0.05) is 26.1 Å². The fraction of sp³-hybridized carbons (Fsp3) is 0.526. The van der Waals surface area contributed by atoms with Crippen molar-refractivity contribution in [1.29, 1.82) is 0 Å². The van der Waals surface area contributed by atoms with Crippen LogP contribution in [0.15, 0.2) is 33.8 Å². The summed E-state index contributed by atoms with van der Waals surface area (Å²) >= 11 is 0. The molecule has 2 aliphatic rings. The highest BCUT2D eigenvalue weighted by atomic mass is 16.5. The van der Waals surface area contributed by atoms with Crippen molar-refractivity contribution in [3.63, 3.8) is 0 Å². The number of piperidine rings is 1. The molecule has 0 atom stereocenters. The van der Waals surface area contributed by atoms with E-state index in [1.54, 1.807) is 11.0 Å². The van der Waals surface area contributed by atoms with Gasteiger partial charge in [0.25, 0.3) is 11.8 Å². The lowest BCUT2D eigenvalue weighted by atomic mass is 9.89. The van der Waals surface area contributed by atoms with Crippen molar-refractivity contribution in [2.45, 2.75) is 31.8 Å². The maximum absolute atomic E-state index is 12.9. The lowest BCUT2D eigenvalue weighted by Crippen LogP contribution is -2.58. The summed E-state index contributed by atoms with van der Waals surface area (Å²) in [7, 11) is 0. The van der Waals surface area contributed by atoms with E-state index in [0.717, 1.165) is 0 Å². The predicted molar refractivity (Wildman–Crippen MR) is 94.3 cm³/mol. The first-order valence-electron chi connectivity index (χ1n) is 9.29. The van der Waals surface area contributed by atoms with Crippen molar-refractivity contribution >= 4 is 11.8 Å². The highest BCUT2D eigenvalue weighted by Crippen LogP contribution is 2.31.